The molecule has 88 valence electrons. The maximum Gasteiger partial charge on any atom is 0.342 e. The van der Waals surface area contributed by atoms with Gasteiger partial charge < -0.3 is 9.84 Å². The van der Waals surface area contributed by atoms with E-state index in [2.05, 4.69) is 0 Å². The van der Waals surface area contributed by atoms with Crippen molar-refractivity contribution in [2.75, 3.05) is 0 Å². The van der Waals surface area contributed by atoms with Crippen molar-refractivity contribution < 1.29 is 34.1 Å². The van der Waals surface area contributed by atoms with E-state index in [4.69, 9.17) is 4.74 Å². The third-order valence-corrected chi connectivity index (χ3v) is 2.95. The van der Waals surface area contributed by atoms with Gasteiger partial charge in [0.2, 0.25) is 0 Å². The molecule has 1 fully saturated rings. The van der Waals surface area contributed by atoms with Crippen LogP contribution in [0.5, 0.6) is 5.75 Å². The fraction of sp³-hybridized carbons (Fsp3) is 0.462. The van der Waals surface area contributed by atoms with Crippen molar-refractivity contribution in [3.63, 3.8) is 0 Å². The number of carbonyl (C=O) groups excluding carboxylic acids is 1. The molecular weight excluding hydrogens is 270 g/mol. The minimum atomic E-state index is -0.412. The molecule has 1 saturated carbocycles. The summed E-state index contributed by atoms with van der Waals surface area (Å²) in [4.78, 5) is 11.8. The van der Waals surface area contributed by atoms with Gasteiger partial charge in [0, 0.05) is 19.5 Å². The van der Waals surface area contributed by atoms with Crippen LogP contribution >= 0.6 is 0 Å². The third kappa shape index (κ3) is 3.81. The van der Waals surface area contributed by atoms with Gasteiger partial charge in [-0.15, -0.1) is 0 Å². The van der Waals surface area contributed by atoms with Crippen LogP contribution < -0.4 is 0 Å². The molecule has 1 aliphatic rings. The van der Waals surface area contributed by atoms with E-state index in [-0.39, 0.29) is 36.9 Å². The Bertz CT molecular complexity index is 373. The Labute approximate surface area is 114 Å². The molecule has 1 N–H and O–H groups in total. The molecule has 2 rings (SSSR count). The summed E-state index contributed by atoms with van der Waals surface area (Å²) in [5, 5.41) is 9.51. The molecule has 4 heteroatoms. The second kappa shape index (κ2) is 6.75. The van der Waals surface area contributed by atoms with Crippen LogP contribution in [0.15, 0.2) is 24.3 Å². The summed E-state index contributed by atoms with van der Waals surface area (Å²) >= 11 is 0. The molecule has 0 heterocycles. The maximum absolute atomic E-state index is 11.8. The second-order valence-electron chi connectivity index (χ2n) is 4.18. The van der Waals surface area contributed by atoms with E-state index in [0.717, 1.165) is 25.7 Å². The molecule has 0 atom stereocenters. The van der Waals surface area contributed by atoms with E-state index >= 15 is 0 Å². The monoisotopic (exact) mass is 284 g/mol. The molecular formula is C13H16O3Zn. The number of phenolic OH excluding ortho intramolecular Hbond substituents is 1. The Morgan fingerprint density at radius 3 is 2.47 bits per heavy atom. The SMILES string of the molecule is O=C(OC1CCCCC1)c1ccccc1O.[Zn]. The molecule has 0 aliphatic heterocycles. The number of hydrogen-bond acceptors (Lipinski definition) is 3. The normalized spacial score (nSPS) is 16.0. The first-order valence-corrected chi connectivity index (χ1v) is 5.76. The maximum atomic E-state index is 11.8. The van der Waals surface area contributed by atoms with Gasteiger partial charge in [0.1, 0.15) is 17.4 Å². The fourth-order valence-corrected chi connectivity index (χ4v) is 2.04. The van der Waals surface area contributed by atoms with Crippen LogP contribution in [0.25, 0.3) is 0 Å². The van der Waals surface area contributed by atoms with Crippen LogP contribution in [0.4, 0.5) is 0 Å². The molecule has 0 aromatic heterocycles. The van der Waals surface area contributed by atoms with Gasteiger partial charge in [-0.2, -0.15) is 0 Å². The van der Waals surface area contributed by atoms with Gasteiger partial charge in [0.05, 0.1) is 0 Å². The zero-order chi connectivity index (χ0) is 11.4. The van der Waals surface area contributed by atoms with E-state index in [1.54, 1.807) is 18.2 Å². The number of aromatic hydroxyl groups is 1. The number of esters is 1. The predicted octanol–water partition coefficient (Wildman–Crippen LogP) is 2.88. The van der Waals surface area contributed by atoms with Gasteiger partial charge in [-0.05, 0) is 37.8 Å². The molecule has 0 radical (unpaired) electrons. The van der Waals surface area contributed by atoms with E-state index < -0.39 is 5.97 Å². The van der Waals surface area contributed by atoms with Gasteiger partial charge in [-0.3, -0.25) is 0 Å². The van der Waals surface area contributed by atoms with Crippen molar-refractivity contribution in [1.29, 1.82) is 0 Å². The van der Waals surface area contributed by atoms with E-state index in [1.165, 1.54) is 12.5 Å². The Morgan fingerprint density at radius 1 is 1.18 bits per heavy atom. The largest absolute Gasteiger partial charge is 0.507 e. The van der Waals surface area contributed by atoms with Crippen molar-refractivity contribution in [1.82, 2.24) is 0 Å². The summed E-state index contributed by atoms with van der Waals surface area (Å²) < 4.78 is 5.36. The smallest absolute Gasteiger partial charge is 0.342 e. The molecule has 0 bridgehead atoms. The van der Waals surface area contributed by atoms with E-state index in [1.807, 2.05) is 0 Å². The van der Waals surface area contributed by atoms with Gasteiger partial charge in [0.25, 0.3) is 0 Å². The van der Waals surface area contributed by atoms with Crippen LogP contribution in [0.2, 0.25) is 0 Å². The van der Waals surface area contributed by atoms with Crippen molar-refractivity contribution in [2.45, 2.75) is 38.2 Å². The van der Waals surface area contributed by atoms with Gasteiger partial charge in [-0.1, -0.05) is 18.6 Å². The zero-order valence-corrected chi connectivity index (χ0v) is 12.9. The predicted molar refractivity (Wildman–Crippen MR) is 60.4 cm³/mol. The first-order valence-electron chi connectivity index (χ1n) is 5.76. The van der Waals surface area contributed by atoms with Gasteiger partial charge in [-0.25, -0.2) is 4.79 Å². The molecule has 0 unspecified atom stereocenters. The number of phenols is 1. The number of benzene rings is 1. The summed E-state index contributed by atoms with van der Waals surface area (Å²) in [5.41, 5.74) is 0.257. The first kappa shape index (κ1) is 14.2. The standard InChI is InChI=1S/C13H16O3.Zn/c14-12-9-5-4-8-11(12)13(15)16-10-6-2-1-3-7-10;/h4-5,8-10,14H,1-3,6-7H2;. The number of carbonyl (C=O) groups is 1. The summed E-state index contributed by atoms with van der Waals surface area (Å²) in [7, 11) is 0. The molecule has 3 nitrogen and oxygen atoms in total. The number of rotatable bonds is 2. The van der Waals surface area contributed by atoms with Crippen LogP contribution in [0, 0.1) is 0 Å². The minimum absolute atomic E-state index is 0. The summed E-state index contributed by atoms with van der Waals surface area (Å²) in [6, 6.07) is 6.49. The Hall–Kier alpha value is -0.887. The van der Waals surface area contributed by atoms with E-state index in [0.29, 0.717) is 0 Å². The number of hydrogen-bond donors (Lipinski definition) is 1. The molecule has 17 heavy (non-hydrogen) atoms. The molecule has 0 saturated heterocycles. The topological polar surface area (TPSA) is 46.5 Å². The van der Waals surface area contributed by atoms with Gasteiger partial charge in [0.15, 0.2) is 0 Å². The van der Waals surface area contributed by atoms with E-state index in [9.17, 15) is 9.90 Å². The molecule has 1 aromatic rings. The summed E-state index contributed by atoms with van der Waals surface area (Å²) in [5.74, 6) is -0.423. The average molecular weight is 286 g/mol. The molecule has 0 spiro atoms. The zero-order valence-electron chi connectivity index (χ0n) is 9.89. The minimum Gasteiger partial charge on any atom is -0.507 e. The first-order chi connectivity index (χ1) is 7.77. The fourth-order valence-electron chi connectivity index (χ4n) is 2.04. The molecule has 0 amide bonds. The van der Waals surface area contributed by atoms with Crippen LogP contribution in [0.1, 0.15) is 42.5 Å². The van der Waals surface area contributed by atoms with Gasteiger partial charge >= 0.3 is 5.97 Å². The van der Waals surface area contributed by atoms with Crippen molar-refractivity contribution >= 4 is 5.97 Å². The Balaban J connectivity index is 0.00000144. The Kier molecular flexibility index (Phi) is 5.63. The van der Waals surface area contributed by atoms with Crippen LogP contribution in [-0.2, 0) is 24.2 Å². The quantitative estimate of drug-likeness (QED) is 0.671. The third-order valence-electron chi connectivity index (χ3n) is 2.95. The number of para-hydroxylation sites is 1. The summed E-state index contributed by atoms with van der Waals surface area (Å²) in [6.45, 7) is 0. The van der Waals surface area contributed by atoms with Crippen LogP contribution in [-0.4, -0.2) is 17.2 Å². The second-order valence-corrected chi connectivity index (χ2v) is 4.18. The molecule has 1 aromatic carbocycles. The van der Waals surface area contributed by atoms with Crippen molar-refractivity contribution in [3.05, 3.63) is 29.8 Å². The summed E-state index contributed by atoms with van der Waals surface area (Å²) in [6.07, 6.45) is 5.39. The van der Waals surface area contributed by atoms with Crippen molar-refractivity contribution in [2.24, 2.45) is 0 Å². The number of ether oxygens (including phenoxy) is 1. The average Bonchev–Trinajstić information content (AvgIpc) is 2.31. The molecule has 1 aliphatic carbocycles. The van der Waals surface area contributed by atoms with Crippen molar-refractivity contribution in [3.8, 4) is 5.75 Å². The Morgan fingerprint density at radius 2 is 1.82 bits per heavy atom. The van der Waals surface area contributed by atoms with Crippen LogP contribution in [0.3, 0.4) is 0 Å².